The van der Waals surface area contributed by atoms with Gasteiger partial charge in [-0.1, -0.05) is 56.3 Å². The van der Waals surface area contributed by atoms with Crippen LogP contribution in [0.3, 0.4) is 0 Å². The first-order chi connectivity index (χ1) is 12.7. The molecule has 136 valence electrons. The van der Waals surface area contributed by atoms with Gasteiger partial charge in [-0.15, -0.1) is 0 Å². The van der Waals surface area contributed by atoms with Crippen molar-refractivity contribution in [2.75, 3.05) is 23.3 Å². The van der Waals surface area contributed by atoms with Crippen LogP contribution in [0.15, 0.2) is 59.6 Å². The number of hydrogen-bond donors (Lipinski definition) is 2. The zero-order chi connectivity index (χ0) is 18.4. The van der Waals surface area contributed by atoms with Crippen LogP contribution in [-0.2, 0) is 19.4 Å². The third-order valence-electron chi connectivity index (χ3n) is 4.78. The number of nitrogens with one attached hydrogen (secondary N) is 1. The van der Waals surface area contributed by atoms with Gasteiger partial charge in [-0.05, 0) is 41.7 Å². The van der Waals surface area contributed by atoms with Gasteiger partial charge >= 0.3 is 0 Å². The van der Waals surface area contributed by atoms with Crippen LogP contribution < -0.4 is 16.0 Å². The molecular formula is C22H28N4. The summed E-state index contributed by atoms with van der Waals surface area (Å²) >= 11 is 0. The van der Waals surface area contributed by atoms with Gasteiger partial charge in [-0.2, -0.15) is 0 Å². The molecule has 0 fully saturated rings. The summed E-state index contributed by atoms with van der Waals surface area (Å²) in [6, 6.07) is 14.9. The summed E-state index contributed by atoms with van der Waals surface area (Å²) in [6.45, 7) is 6.84. The molecule has 2 aromatic carbocycles. The highest BCUT2D eigenvalue weighted by Gasteiger charge is 2.09. The van der Waals surface area contributed by atoms with E-state index in [2.05, 4.69) is 83.7 Å². The van der Waals surface area contributed by atoms with Crippen LogP contribution in [0.5, 0.6) is 0 Å². The van der Waals surface area contributed by atoms with Gasteiger partial charge in [0.05, 0.1) is 6.54 Å². The number of nitrogens with two attached hydrogens (primary N) is 1. The van der Waals surface area contributed by atoms with E-state index in [-0.39, 0.29) is 0 Å². The fraction of sp³-hybridized carbons (Fsp3) is 0.318. The van der Waals surface area contributed by atoms with E-state index in [0.717, 1.165) is 31.6 Å². The SMILES string of the molecule is CCc1cccc(CC)c1NC(N)=NCc1cccc(N2CC=CC2)c1. The molecule has 0 spiro atoms. The molecule has 2 aromatic rings. The Morgan fingerprint density at radius 1 is 1.04 bits per heavy atom. The molecule has 4 nitrogen and oxygen atoms in total. The maximum atomic E-state index is 6.18. The van der Waals surface area contributed by atoms with Gasteiger partial charge in [-0.3, -0.25) is 0 Å². The molecule has 26 heavy (non-hydrogen) atoms. The number of para-hydroxylation sites is 1. The molecule has 1 aliphatic heterocycles. The fourth-order valence-electron chi connectivity index (χ4n) is 3.29. The van der Waals surface area contributed by atoms with Crippen LogP contribution in [-0.4, -0.2) is 19.0 Å². The lowest BCUT2D eigenvalue weighted by atomic mass is 10.0. The van der Waals surface area contributed by atoms with Crippen molar-refractivity contribution in [2.45, 2.75) is 33.2 Å². The van der Waals surface area contributed by atoms with Gasteiger partial charge in [-0.25, -0.2) is 4.99 Å². The number of aliphatic imine (C=N–C) groups is 1. The monoisotopic (exact) mass is 348 g/mol. The minimum Gasteiger partial charge on any atom is -0.370 e. The molecule has 0 atom stereocenters. The Labute approximate surface area is 156 Å². The lowest BCUT2D eigenvalue weighted by Gasteiger charge is -2.18. The summed E-state index contributed by atoms with van der Waals surface area (Å²) in [5.41, 5.74) is 12.2. The van der Waals surface area contributed by atoms with Crippen molar-refractivity contribution in [3.05, 3.63) is 71.3 Å². The van der Waals surface area contributed by atoms with E-state index in [1.54, 1.807) is 0 Å². The summed E-state index contributed by atoms with van der Waals surface area (Å²) in [5, 5.41) is 3.33. The van der Waals surface area contributed by atoms with Gasteiger partial charge < -0.3 is 16.0 Å². The van der Waals surface area contributed by atoms with E-state index in [4.69, 9.17) is 5.73 Å². The first-order valence-corrected chi connectivity index (χ1v) is 9.37. The second kappa shape index (κ2) is 8.56. The Morgan fingerprint density at radius 2 is 1.69 bits per heavy atom. The maximum Gasteiger partial charge on any atom is 0.193 e. The number of nitrogens with zero attached hydrogens (tertiary/aromatic N) is 2. The van der Waals surface area contributed by atoms with Gasteiger partial charge in [0.25, 0.3) is 0 Å². The highest BCUT2D eigenvalue weighted by atomic mass is 15.1. The van der Waals surface area contributed by atoms with E-state index in [0.29, 0.717) is 12.5 Å². The van der Waals surface area contributed by atoms with Crippen molar-refractivity contribution in [1.29, 1.82) is 0 Å². The van der Waals surface area contributed by atoms with Crippen LogP contribution in [0.25, 0.3) is 0 Å². The fourth-order valence-corrected chi connectivity index (χ4v) is 3.29. The predicted molar refractivity (Wildman–Crippen MR) is 112 cm³/mol. The quantitative estimate of drug-likeness (QED) is 0.469. The third kappa shape index (κ3) is 4.26. The molecule has 4 heteroatoms. The Balaban J connectivity index is 1.70. The minimum atomic E-state index is 0.467. The molecule has 0 aromatic heterocycles. The third-order valence-corrected chi connectivity index (χ3v) is 4.78. The molecule has 3 N–H and O–H groups in total. The molecular weight excluding hydrogens is 320 g/mol. The highest BCUT2D eigenvalue weighted by molar-refractivity contribution is 5.93. The Hall–Kier alpha value is -2.75. The molecule has 0 bridgehead atoms. The molecule has 0 saturated heterocycles. The smallest absolute Gasteiger partial charge is 0.193 e. The van der Waals surface area contributed by atoms with Gasteiger partial charge in [0.2, 0.25) is 0 Å². The topological polar surface area (TPSA) is 53.6 Å². The Kier molecular flexibility index (Phi) is 5.95. The lowest BCUT2D eigenvalue weighted by Crippen LogP contribution is -2.24. The number of benzene rings is 2. The van der Waals surface area contributed by atoms with Crippen molar-refractivity contribution in [2.24, 2.45) is 10.7 Å². The molecule has 3 rings (SSSR count). The number of aryl methyl sites for hydroxylation is 2. The summed E-state index contributed by atoms with van der Waals surface area (Å²) < 4.78 is 0. The van der Waals surface area contributed by atoms with Crippen molar-refractivity contribution in [3.63, 3.8) is 0 Å². The van der Waals surface area contributed by atoms with E-state index in [9.17, 15) is 0 Å². The highest BCUT2D eigenvalue weighted by Crippen LogP contribution is 2.22. The molecule has 1 aliphatic rings. The van der Waals surface area contributed by atoms with E-state index < -0.39 is 0 Å². The average Bonchev–Trinajstić information content (AvgIpc) is 3.21. The molecule has 0 radical (unpaired) electrons. The van der Waals surface area contributed by atoms with Crippen LogP contribution in [0.4, 0.5) is 11.4 Å². The normalized spacial score (nSPS) is 14.1. The zero-order valence-electron chi connectivity index (χ0n) is 15.7. The Bertz CT molecular complexity index is 777. The first kappa shape index (κ1) is 18.1. The van der Waals surface area contributed by atoms with Crippen LogP contribution in [0, 0.1) is 0 Å². The summed E-state index contributed by atoms with van der Waals surface area (Å²) in [7, 11) is 0. The van der Waals surface area contributed by atoms with Crippen LogP contribution >= 0.6 is 0 Å². The summed E-state index contributed by atoms with van der Waals surface area (Å²) in [6.07, 6.45) is 6.33. The largest absolute Gasteiger partial charge is 0.370 e. The summed E-state index contributed by atoms with van der Waals surface area (Å²) in [5.74, 6) is 0.467. The van der Waals surface area contributed by atoms with Crippen LogP contribution in [0.2, 0.25) is 0 Å². The number of hydrogen-bond acceptors (Lipinski definition) is 2. The maximum absolute atomic E-state index is 6.18. The Morgan fingerprint density at radius 3 is 2.35 bits per heavy atom. The lowest BCUT2D eigenvalue weighted by molar-refractivity contribution is 0.993. The van der Waals surface area contributed by atoms with Gasteiger partial charge in [0.1, 0.15) is 0 Å². The van der Waals surface area contributed by atoms with Crippen molar-refractivity contribution in [1.82, 2.24) is 0 Å². The first-order valence-electron chi connectivity index (χ1n) is 9.37. The second-order valence-corrected chi connectivity index (χ2v) is 6.53. The zero-order valence-corrected chi connectivity index (χ0v) is 15.7. The number of rotatable bonds is 6. The predicted octanol–water partition coefficient (Wildman–Crippen LogP) is 4.11. The van der Waals surface area contributed by atoms with Gasteiger partial charge in [0.15, 0.2) is 5.96 Å². The van der Waals surface area contributed by atoms with Crippen molar-refractivity contribution < 1.29 is 0 Å². The molecule has 0 aliphatic carbocycles. The van der Waals surface area contributed by atoms with Crippen molar-refractivity contribution >= 4 is 17.3 Å². The number of anilines is 2. The van der Waals surface area contributed by atoms with E-state index >= 15 is 0 Å². The number of guanidine groups is 1. The molecule has 0 amide bonds. The van der Waals surface area contributed by atoms with E-state index in [1.165, 1.54) is 22.4 Å². The average molecular weight is 348 g/mol. The minimum absolute atomic E-state index is 0.467. The van der Waals surface area contributed by atoms with Gasteiger partial charge in [0, 0.05) is 24.5 Å². The van der Waals surface area contributed by atoms with Crippen molar-refractivity contribution in [3.8, 4) is 0 Å². The molecule has 0 saturated carbocycles. The summed E-state index contributed by atoms with van der Waals surface area (Å²) in [4.78, 5) is 6.89. The molecule has 1 heterocycles. The second-order valence-electron chi connectivity index (χ2n) is 6.53. The van der Waals surface area contributed by atoms with Crippen LogP contribution in [0.1, 0.15) is 30.5 Å². The molecule has 0 unspecified atom stereocenters. The standard InChI is InChI=1S/C22H28N4/c1-3-18-10-8-11-19(4-2)21(18)25-22(23)24-16-17-9-7-12-20(15-17)26-13-5-6-14-26/h5-12,15H,3-4,13-14,16H2,1-2H3,(H3,23,24,25). The van der Waals surface area contributed by atoms with E-state index in [1.807, 2.05) is 0 Å².